The summed E-state index contributed by atoms with van der Waals surface area (Å²) in [5.41, 5.74) is 6.21. The summed E-state index contributed by atoms with van der Waals surface area (Å²) in [5, 5.41) is 6.70. The molecule has 0 bridgehead atoms. The van der Waals surface area contributed by atoms with Gasteiger partial charge in [0.15, 0.2) is 0 Å². The number of carbonyl (C=O) groups excluding carboxylic acids is 1. The van der Waals surface area contributed by atoms with Crippen molar-refractivity contribution in [1.29, 1.82) is 0 Å². The van der Waals surface area contributed by atoms with Gasteiger partial charge in [-0.3, -0.25) is 4.79 Å². The SMILES string of the molecule is COc1ccc(-c2noc(CCC(=O)NCC(C)(C)N)n2)cc1. The molecule has 7 heteroatoms. The lowest BCUT2D eigenvalue weighted by Crippen LogP contribution is -2.45. The molecule has 0 atom stereocenters. The average Bonchev–Trinajstić information content (AvgIpc) is 2.99. The van der Waals surface area contributed by atoms with E-state index in [2.05, 4.69) is 15.5 Å². The quantitative estimate of drug-likeness (QED) is 0.802. The monoisotopic (exact) mass is 318 g/mol. The first-order chi connectivity index (χ1) is 10.9. The molecule has 1 heterocycles. The number of carbonyl (C=O) groups is 1. The first-order valence-corrected chi connectivity index (χ1v) is 7.40. The molecule has 0 aliphatic heterocycles. The van der Waals surface area contributed by atoms with Crippen LogP contribution in [0.4, 0.5) is 0 Å². The minimum Gasteiger partial charge on any atom is -0.497 e. The van der Waals surface area contributed by atoms with Gasteiger partial charge in [-0.1, -0.05) is 5.16 Å². The number of nitrogens with zero attached hydrogens (tertiary/aromatic N) is 2. The summed E-state index contributed by atoms with van der Waals surface area (Å²) >= 11 is 0. The first kappa shape index (κ1) is 17.0. The summed E-state index contributed by atoms with van der Waals surface area (Å²) in [6, 6.07) is 7.35. The Morgan fingerprint density at radius 3 is 2.65 bits per heavy atom. The molecule has 1 aromatic carbocycles. The molecule has 2 rings (SSSR count). The third-order valence-electron chi connectivity index (χ3n) is 3.12. The van der Waals surface area contributed by atoms with E-state index in [0.717, 1.165) is 11.3 Å². The zero-order chi connectivity index (χ0) is 16.9. The minimum atomic E-state index is -0.429. The van der Waals surface area contributed by atoms with Gasteiger partial charge < -0.3 is 20.3 Å². The molecule has 0 fully saturated rings. The first-order valence-electron chi connectivity index (χ1n) is 7.40. The Labute approximate surface area is 135 Å². The number of aryl methyl sites for hydroxylation is 1. The van der Waals surface area contributed by atoms with Crippen LogP contribution in [-0.2, 0) is 11.2 Å². The van der Waals surface area contributed by atoms with Gasteiger partial charge in [-0.15, -0.1) is 0 Å². The van der Waals surface area contributed by atoms with Crippen LogP contribution in [0.1, 0.15) is 26.2 Å². The lowest BCUT2D eigenvalue weighted by atomic mass is 10.1. The van der Waals surface area contributed by atoms with Gasteiger partial charge in [0.25, 0.3) is 0 Å². The van der Waals surface area contributed by atoms with E-state index in [0.29, 0.717) is 24.7 Å². The molecule has 0 saturated heterocycles. The van der Waals surface area contributed by atoms with Crippen LogP contribution in [0.25, 0.3) is 11.4 Å². The van der Waals surface area contributed by atoms with Crippen molar-refractivity contribution in [2.24, 2.45) is 5.73 Å². The maximum Gasteiger partial charge on any atom is 0.227 e. The van der Waals surface area contributed by atoms with Crippen LogP contribution in [-0.4, -0.2) is 35.2 Å². The van der Waals surface area contributed by atoms with Crippen LogP contribution in [0, 0.1) is 0 Å². The van der Waals surface area contributed by atoms with Crippen molar-refractivity contribution in [1.82, 2.24) is 15.5 Å². The van der Waals surface area contributed by atoms with Gasteiger partial charge in [-0.05, 0) is 38.1 Å². The van der Waals surface area contributed by atoms with Crippen molar-refractivity contribution in [2.75, 3.05) is 13.7 Å². The van der Waals surface area contributed by atoms with Gasteiger partial charge in [-0.25, -0.2) is 0 Å². The number of hydrogen-bond acceptors (Lipinski definition) is 6. The fraction of sp³-hybridized carbons (Fsp3) is 0.438. The third kappa shape index (κ3) is 5.37. The van der Waals surface area contributed by atoms with E-state index >= 15 is 0 Å². The number of ether oxygens (including phenoxy) is 1. The number of amides is 1. The Balaban J connectivity index is 1.88. The fourth-order valence-corrected chi connectivity index (χ4v) is 1.85. The fourth-order valence-electron chi connectivity index (χ4n) is 1.85. The number of hydrogen-bond donors (Lipinski definition) is 2. The lowest BCUT2D eigenvalue weighted by molar-refractivity contribution is -0.121. The molecule has 0 saturated carbocycles. The molecular weight excluding hydrogens is 296 g/mol. The molecule has 0 aliphatic rings. The maximum absolute atomic E-state index is 11.7. The normalized spacial score (nSPS) is 11.3. The van der Waals surface area contributed by atoms with Gasteiger partial charge >= 0.3 is 0 Å². The van der Waals surface area contributed by atoms with Crippen molar-refractivity contribution >= 4 is 5.91 Å². The third-order valence-corrected chi connectivity index (χ3v) is 3.12. The molecule has 124 valence electrons. The second-order valence-electron chi connectivity index (χ2n) is 6.01. The summed E-state index contributed by atoms with van der Waals surface area (Å²) in [4.78, 5) is 16.0. The molecule has 7 nitrogen and oxygen atoms in total. The number of methoxy groups -OCH3 is 1. The Morgan fingerprint density at radius 1 is 1.35 bits per heavy atom. The van der Waals surface area contributed by atoms with Crippen LogP contribution in [0.15, 0.2) is 28.8 Å². The van der Waals surface area contributed by atoms with Crippen LogP contribution in [0.5, 0.6) is 5.75 Å². The largest absolute Gasteiger partial charge is 0.497 e. The van der Waals surface area contributed by atoms with Crippen LogP contribution in [0.3, 0.4) is 0 Å². The van der Waals surface area contributed by atoms with Crippen LogP contribution >= 0.6 is 0 Å². The summed E-state index contributed by atoms with van der Waals surface area (Å²) in [5.74, 6) is 1.59. The molecule has 3 N–H and O–H groups in total. The highest BCUT2D eigenvalue weighted by Gasteiger charge is 2.14. The van der Waals surface area contributed by atoms with E-state index in [-0.39, 0.29) is 12.3 Å². The van der Waals surface area contributed by atoms with Crippen LogP contribution < -0.4 is 15.8 Å². The van der Waals surface area contributed by atoms with Gasteiger partial charge in [0.1, 0.15) is 5.75 Å². The second kappa shape index (κ2) is 7.23. The highest BCUT2D eigenvalue weighted by atomic mass is 16.5. The molecule has 1 amide bonds. The summed E-state index contributed by atoms with van der Waals surface area (Å²) in [6.45, 7) is 4.13. The van der Waals surface area contributed by atoms with E-state index in [1.165, 1.54) is 0 Å². The van der Waals surface area contributed by atoms with Crippen molar-refractivity contribution in [3.63, 3.8) is 0 Å². The Bertz CT molecular complexity index is 644. The Hall–Kier alpha value is -2.41. The van der Waals surface area contributed by atoms with Gasteiger partial charge in [0, 0.05) is 30.5 Å². The summed E-state index contributed by atoms with van der Waals surface area (Å²) in [6.07, 6.45) is 0.667. The number of nitrogens with two attached hydrogens (primary N) is 1. The Kier molecular flexibility index (Phi) is 5.33. The van der Waals surface area contributed by atoms with Crippen LogP contribution in [0.2, 0.25) is 0 Å². The van der Waals surface area contributed by atoms with E-state index in [4.69, 9.17) is 15.0 Å². The standard InChI is InChI=1S/C16H22N4O3/c1-16(2,17)10-18-13(21)8-9-14-19-15(20-23-14)11-4-6-12(22-3)7-5-11/h4-7H,8-10,17H2,1-3H3,(H,18,21). The number of nitrogens with one attached hydrogen (secondary N) is 1. The van der Waals surface area contributed by atoms with Crippen molar-refractivity contribution in [3.05, 3.63) is 30.2 Å². The van der Waals surface area contributed by atoms with Crippen molar-refractivity contribution < 1.29 is 14.1 Å². The highest BCUT2D eigenvalue weighted by molar-refractivity contribution is 5.76. The average molecular weight is 318 g/mol. The summed E-state index contributed by atoms with van der Waals surface area (Å²) in [7, 11) is 1.61. The molecule has 0 radical (unpaired) electrons. The maximum atomic E-state index is 11.7. The topological polar surface area (TPSA) is 103 Å². The highest BCUT2D eigenvalue weighted by Crippen LogP contribution is 2.19. The van der Waals surface area contributed by atoms with E-state index in [1.54, 1.807) is 7.11 Å². The molecule has 0 aliphatic carbocycles. The molecule has 0 spiro atoms. The zero-order valence-electron chi connectivity index (χ0n) is 13.6. The number of benzene rings is 1. The van der Waals surface area contributed by atoms with Crippen molar-refractivity contribution in [3.8, 4) is 17.1 Å². The van der Waals surface area contributed by atoms with E-state index in [9.17, 15) is 4.79 Å². The number of aromatic nitrogens is 2. The predicted molar refractivity (Wildman–Crippen MR) is 85.9 cm³/mol. The number of rotatable bonds is 7. The smallest absolute Gasteiger partial charge is 0.227 e. The molecule has 0 unspecified atom stereocenters. The predicted octanol–water partition coefficient (Wildman–Crippen LogP) is 1.53. The van der Waals surface area contributed by atoms with Gasteiger partial charge in [-0.2, -0.15) is 4.98 Å². The van der Waals surface area contributed by atoms with Gasteiger partial charge in [0.05, 0.1) is 7.11 Å². The molecule has 23 heavy (non-hydrogen) atoms. The van der Waals surface area contributed by atoms with Gasteiger partial charge in [0.2, 0.25) is 17.6 Å². The summed E-state index contributed by atoms with van der Waals surface area (Å²) < 4.78 is 10.3. The second-order valence-corrected chi connectivity index (χ2v) is 6.01. The minimum absolute atomic E-state index is 0.0901. The lowest BCUT2D eigenvalue weighted by Gasteiger charge is -2.18. The molecule has 1 aromatic heterocycles. The molecular formula is C16H22N4O3. The van der Waals surface area contributed by atoms with E-state index in [1.807, 2.05) is 38.1 Å². The zero-order valence-corrected chi connectivity index (χ0v) is 13.6. The molecule has 2 aromatic rings. The van der Waals surface area contributed by atoms with E-state index < -0.39 is 5.54 Å². The Morgan fingerprint density at radius 2 is 2.04 bits per heavy atom. The van der Waals surface area contributed by atoms with Crippen molar-refractivity contribution in [2.45, 2.75) is 32.2 Å².